The van der Waals surface area contributed by atoms with Crippen molar-refractivity contribution in [3.8, 4) is 0 Å². The molecule has 0 heterocycles. The van der Waals surface area contributed by atoms with Gasteiger partial charge in [0.05, 0.1) is 0 Å². The highest BCUT2D eigenvalue weighted by Gasteiger charge is 2.26. The lowest BCUT2D eigenvalue weighted by Crippen LogP contribution is -2.08. The summed E-state index contributed by atoms with van der Waals surface area (Å²) < 4.78 is 0. The van der Waals surface area contributed by atoms with E-state index in [-0.39, 0.29) is 0 Å². The van der Waals surface area contributed by atoms with E-state index in [9.17, 15) is 4.79 Å². The summed E-state index contributed by atoms with van der Waals surface area (Å²) in [5.41, 5.74) is 2.42. The molecule has 2 aliphatic rings. The highest BCUT2D eigenvalue weighted by molar-refractivity contribution is 6.00. The molecule has 0 spiro atoms. The van der Waals surface area contributed by atoms with Gasteiger partial charge in [0.25, 0.3) is 0 Å². The normalized spacial score (nSPS) is 29.5. The van der Waals surface area contributed by atoms with Crippen molar-refractivity contribution in [3.05, 3.63) is 23.3 Å². The van der Waals surface area contributed by atoms with Gasteiger partial charge in [0.2, 0.25) is 0 Å². The molecule has 0 aromatic rings. The van der Waals surface area contributed by atoms with Gasteiger partial charge in [-0.3, -0.25) is 4.79 Å². The van der Waals surface area contributed by atoms with Crippen molar-refractivity contribution in [1.29, 1.82) is 0 Å². The third kappa shape index (κ3) is 0.953. The van der Waals surface area contributed by atoms with Crippen molar-refractivity contribution in [2.45, 2.75) is 26.2 Å². The van der Waals surface area contributed by atoms with Gasteiger partial charge in [0.1, 0.15) is 0 Å². The van der Waals surface area contributed by atoms with Crippen molar-refractivity contribution in [3.63, 3.8) is 0 Å². The first kappa shape index (κ1) is 6.84. The van der Waals surface area contributed by atoms with Crippen LogP contribution in [-0.2, 0) is 4.79 Å². The Morgan fingerprint density at radius 2 is 2.27 bits per heavy atom. The third-order valence-electron chi connectivity index (χ3n) is 2.57. The molecule has 0 fully saturated rings. The minimum atomic E-state index is 0.386. The van der Waals surface area contributed by atoms with Crippen LogP contribution in [0.4, 0.5) is 0 Å². The molecule has 0 radical (unpaired) electrons. The number of carbonyl (C=O) groups is 1. The molecule has 0 aromatic heterocycles. The molecule has 1 heteroatoms. The average Bonchev–Trinajstić information content (AvgIpc) is 2.34. The van der Waals surface area contributed by atoms with E-state index >= 15 is 0 Å². The van der Waals surface area contributed by atoms with Gasteiger partial charge in [-0.05, 0) is 24.3 Å². The number of hydrogen-bond acceptors (Lipinski definition) is 1. The molecule has 0 bridgehead atoms. The first-order valence-corrected chi connectivity index (χ1v) is 4.22. The van der Waals surface area contributed by atoms with Crippen LogP contribution in [0.3, 0.4) is 0 Å². The standard InChI is InChI=1S/C10H12O/c1-7-3-2-4-8-5-6-9(11)10(7)8/h2,4,7H,3,5-6H2,1H3. The fraction of sp³-hybridized carbons (Fsp3) is 0.500. The number of carbonyl (C=O) groups excluding carboxylic acids is 1. The predicted molar refractivity (Wildman–Crippen MR) is 44.2 cm³/mol. The Kier molecular flexibility index (Phi) is 1.45. The Labute approximate surface area is 66.8 Å². The van der Waals surface area contributed by atoms with Gasteiger partial charge in [-0.15, -0.1) is 0 Å². The second-order valence-electron chi connectivity index (χ2n) is 3.40. The summed E-state index contributed by atoms with van der Waals surface area (Å²) in [6.07, 6.45) is 7.08. The second-order valence-corrected chi connectivity index (χ2v) is 3.40. The van der Waals surface area contributed by atoms with E-state index in [0.717, 1.165) is 24.8 Å². The average molecular weight is 148 g/mol. The van der Waals surface area contributed by atoms with Crippen molar-refractivity contribution >= 4 is 5.78 Å². The maximum Gasteiger partial charge on any atom is 0.159 e. The molecule has 11 heavy (non-hydrogen) atoms. The third-order valence-corrected chi connectivity index (χ3v) is 2.57. The van der Waals surface area contributed by atoms with E-state index in [1.807, 2.05) is 0 Å². The highest BCUT2D eigenvalue weighted by Crippen LogP contribution is 2.34. The summed E-state index contributed by atoms with van der Waals surface area (Å²) >= 11 is 0. The van der Waals surface area contributed by atoms with Crippen LogP contribution >= 0.6 is 0 Å². The first-order valence-electron chi connectivity index (χ1n) is 4.22. The molecular weight excluding hydrogens is 136 g/mol. The van der Waals surface area contributed by atoms with E-state index in [2.05, 4.69) is 19.1 Å². The largest absolute Gasteiger partial charge is 0.295 e. The van der Waals surface area contributed by atoms with E-state index < -0.39 is 0 Å². The van der Waals surface area contributed by atoms with Crippen LogP contribution in [0.15, 0.2) is 23.3 Å². The second kappa shape index (κ2) is 2.33. The molecule has 0 amide bonds. The number of hydrogen-bond donors (Lipinski definition) is 0. The van der Waals surface area contributed by atoms with Crippen LogP contribution in [0.2, 0.25) is 0 Å². The van der Waals surface area contributed by atoms with Crippen LogP contribution in [0.1, 0.15) is 26.2 Å². The molecule has 1 nitrogen and oxygen atoms in total. The Bertz CT molecular complexity index is 258. The quantitative estimate of drug-likeness (QED) is 0.515. The van der Waals surface area contributed by atoms with Gasteiger partial charge in [0, 0.05) is 12.0 Å². The Hall–Kier alpha value is -0.850. The van der Waals surface area contributed by atoms with E-state index in [1.54, 1.807) is 0 Å². The zero-order valence-corrected chi connectivity index (χ0v) is 6.76. The van der Waals surface area contributed by atoms with Gasteiger partial charge in [-0.1, -0.05) is 19.1 Å². The predicted octanol–water partition coefficient (Wildman–Crippen LogP) is 2.24. The van der Waals surface area contributed by atoms with E-state index in [0.29, 0.717) is 11.7 Å². The van der Waals surface area contributed by atoms with Crippen molar-refractivity contribution < 1.29 is 4.79 Å². The van der Waals surface area contributed by atoms with Crippen LogP contribution < -0.4 is 0 Å². The van der Waals surface area contributed by atoms with E-state index in [1.165, 1.54) is 5.57 Å². The number of Topliss-reactive ketones (excluding diaryl/α,β-unsaturated/α-hetero) is 1. The van der Waals surface area contributed by atoms with Gasteiger partial charge < -0.3 is 0 Å². The summed E-state index contributed by atoms with van der Waals surface area (Å²) in [5.74, 6) is 0.863. The maximum absolute atomic E-state index is 11.3. The van der Waals surface area contributed by atoms with Gasteiger partial charge in [-0.25, -0.2) is 0 Å². The summed E-state index contributed by atoms with van der Waals surface area (Å²) in [6, 6.07) is 0. The number of ketones is 1. The molecule has 1 unspecified atom stereocenters. The summed E-state index contributed by atoms with van der Waals surface area (Å²) in [5, 5.41) is 0. The summed E-state index contributed by atoms with van der Waals surface area (Å²) in [4.78, 5) is 11.3. The zero-order valence-electron chi connectivity index (χ0n) is 6.76. The SMILES string of the molecule is CC1CC=CC2=C1C(=O)CC2. The molecule has 0 saturated carbocycles. The molecule has 0 aliphatic heterocycles. The molecule has 0 saturated heterocycles. The van der Waals surface area contributed by atoms with Gasteiger partial charge in [0.15, 0.2) is 5.78 Å². The fourth-order valence-electron chi connectivity index (χ4n) is 1.99. The fourth-order valence-corrected chi connectivity index (χ4v) is 1.99. The summed E-state index contributed by atoms with van der Waals surface area (Å²) in [7, 11) is 0. The first-order chi connectivity index (χ1) is 5.29. The lowest BCUT2D eigenvalue weighted by Gasteiger charge is -2.14. The minimum Gasteiger partial charge on any atom is -0.295 e. The minimum absolute atomic E-state index is 0.386. The monoisotopic (exact) mass is 148 g/mol. The highest BCUT2D eigenvalue weighted by atomic mass is 16.1. The smallest absolute Gasteiger partial charge is 0.159 e. The molecule has 2 aliphatic carbocycles. The molecule has 2 rings (SSSR count). The maximum atomic E-state index is 11.3. The summed E-state index contributed by atoms with van der Waals surface area (Å²) in [6.45, 7) is 2.14. The van der Waals surface area contributed by atoms with Crippen LogP contribution in [0.25, 0.3) is 0 Å². The van der Waals surface area contributed by atoms with Crippen LogP contribution in [0, 0.1) is 5.92 Å². The molecular formula is C10H12O. The zero-order chi connectivity index (χ0) is 7.84. The molecule has 58 valence electrons. The van der Waals surface area contributed by atoms with Crippen LogP contribution in [0.5, 0.6) is 0 Å². The van der Waals surface area contributed by atoms with Crippen molar-refractivity contribution in [2.24, 2.45) is 5.92 Å². The lowest BCUT2D eigenvalue weighted by molar-refractivity contribution is -0.115. The Balaban J connectivity index is 2.41. The van der Waals surface area contributed by atoms with Gasteiger partial charge in [-0.2, -0.15) is 0 Å². The molecule has 0 aromatic carbocycles. The Morgan fingerprint density at radius 1 is 1.45 bits per heavy atom. The topological polar surface area (TPSA) is 17.1 Å². The number of allylic oxidation sites excluding steroid dienone is 4. The number of rotatable bonds is 0. The van der Waals surface area contributed by atoms with Crippen molar-refractivity contribution in [2.75, 3.05) is 0 Å². The van der Waals surface area contributed by atoms with E-state index in [4.69, 9.17) is 0 Å². The lowest BCUT2D eigenvalue weighted by atomic mass is 9.90. The van der Waals surface area contributed by atoms with Crippen molar-refractivity contribution in [1.82, 2.24) is 0 Å². The molecule has 0 N–H and O–H groups in total. The molecule has 1 atom stereocenters. The van der Waals surface area contributed by atoms with Crippen LogP contribution in [-0.4, -0.2) is 5.78 Å². The Morgan fingerprint density at radius 3 is 3.00 bits per heavy atom. The van der Waals surface area contributed by atoms with Gasteiger partial charge >= 0.3 is 0 Å².